The van der Waals surface area contributed by atoms with Crippen LogP contribution < -0.4 is 21.3 Å². The van der Waals surface area contributed by atoms with Crippen LogP contribution in [0.4, 0.5) is 0 Å². The van der Waals surface area contributed by atoms with Crippen LogP contribution in [0.3, 0.4) is 0 Å². The summed E-state index contributed by atoms with van der Waals surface area (Å²) in [7, 11) is 1.53. The van der Waals surface area contributed by atoms with Crippen molar-refractivity contribution in [2.45, 2.75) is 26.6 Å². The van der Waals surface area contributed by atoms with E-state index in [4.69, 9.17) is 10.00 Å². The number of methoxy groups -OCH3 is 1. The molecule has 0 spiro atoms. The number of hydrogen-bond acceptors (Lipinski definition) is 5. The zero-order valence-electron chi connectivity index (χ0n) is 14.0. The zero-order chi connectivity index (χ0) is 18.4. The van der Waals surface area contributed by atoms with Gasteiger partial charge in [-0.05, 0) is 13.0 Å². The predicted octanol–water partition coefficient (Wildman–Crippen LogP) is 0.227. The number of nitriles is 1. The highest BCUT2D eigenvalue weighted by molar-refractivity contribution is 5.75. The van der Waals surface area contributed by atoms with Crippen molar-refractivity contribution in [2.24, 2.45) is 0 Å². The Hall–Kier alpha value is -3.34. The Bertz CT molecular complexity index is 937. The lowest BCUT2D eigenvalue weighted by Crippen LogP contribution is -2.44. The minimum Gasteiger partial charge on any atom is -0.496 e. The molecular formula is C17H18N4O4. The standard InChI is InChI=1S/C17H18N4O4/c1-3-20-10-13(8-18)16(23)21(17(20)24)11-15(22)19-9-12-6-4-5-7-14(12)25-2/h4-7,10H,3,9,11H2,1-2H3,(H,19,22). The highest BCUT2D eigenvalue weighted by Gasteiger charge is 2.14. The number of para-hydroxylation sites is 1. The van der Waals surface area contributed by atoms with E-state index in [9.17, 15) is 14.4 Å². The number of nitrogens with zero attached hydrogens (tertiary/aromatic N) is 3. The second-order valence-electron chi connectivity index (χ2n) is 5.20. The molecule has 0 aliphatic rings. The lowest BCUT2D eigenvalue weighted by molar-refractivity contribution is -0.121. The summed E-state index contributed by atoms with van der Waals surface area (Å²) in [6.07, 6.45) is 1.20. The Kier molecular flexibility index (Phi) is 5.74. The highest BCUT2D eigenvalue weighted by atomic mass is 16.5. The normalized spacial score (nSPS) is 10.1. The second-order valence-corrected chi connectivity index (χ2v) is 5.20. The van der Waals surface area contributed by atoms with Crippen LogP contribution in [0.1, 0.15) is 18.1 Å². The van der Waals surface area contributed by atoms with Crippen molar-refractivity contribution in [2.75, 3.05) is 7.11 Å². The predicted molar refractivity (Wildman–Crippen MR) is 90.2 cm³/mol. The van der Waals surface area contributed by atoms with Crippen molar-refractivity contribution in [3.05, 3.63) is 62.4 Å². The lowest BCUT2D eigenvalue weighted by atomic mass is 10.2. The van der Waals surface area contributed by atoms with Crippen LogP contribution in [0.15, 0.2) is 40.1 Å². The molecule has 130 valence electrons. The summed E-state index contributed by atoms with van der Waals surface area (Å²) in [5.74, 6) is 0.114. The first-order valence-corrected chi connectivity index (χ1v) is 7.64. The van der Waals surface area contributed by atoms with Crippen LogP contribution in [0.2, 0.25) is 0 Å². The maximum absolute atomic E-state index is 12.2. The summed E-state index contributed by atoms with van der Waals surface area (Å²) < 4.78 is 7.18. The van der Waals surface area contributed by atoms with Crippen LogP contribution in [0.5, 0.6) is 5.75 Å². The molecule has 0 aliphatic heterocycles. The van der Waals surface area contributed by atoms with E-state index in [2.05, 4.69) is 5.32 Å². The van der Waals surface area contributed by atoms with E-state index in [1.54, 1.807) is 25.1 Å². The van der Waals surface area contributed by atoms with Gasteiger partial charge >= 0.3 is 5.69 Å². The number of nitrogens with one attached hydrogen (secondary N) is 1. The van der Waals surface area contributed by atoms with Gasteiger partial charge in [0.25, 0.3) is 5.56 Å². The van der Waals surface area contributed by atoms with Crippen LogP contribution >= 0.6 is 0 Å². The molecule has 1 aromatic carbocycles. The number of aryl methyl sites for hydroxylation is 1. The SMILES string of the molecule is CCn1cc(C#N)c(=O)n(CC(=O)NCc2ccccc2OC)c1=O. The molecule has 0 saturated carbocycles. The van der Waals surface area contributed by atoms with E-state index in [0.29, 0.717) is 5.75 Å². The molecule has 1 amide bonds. The average molecular weight is 342 g/mol. The average Bonchev–Trinajstić information content (AvgIpc) is 2.64. The van der Waals surface area contributed by atoms with E-state index in [0.717, 1.165) is 10.1 Å². The van der Waals surface area contributed by atoms with Gasteiger partial charge in [-0.1, -0.05) is 18.2 Å². The Morgan fingerprint density at radius 2 is 2.04 bits per heavy atom. The molecule has 0 fully saturated rings. The smallest absolute Gasteiger partial charge is 0.331 e. The van der Waals surface area contributed by atoms with Gasteiger partial charge in [0.2, 0.25) is 5.91 Å². The molecule has 0 unspecified atom stereocenters. The molecule has 1 heterocycles. The summed E-state index contributed by atoms with van der Waals surface area (Å²) >= 11 is 0. The van der Waals surface area contributed by atoms with E-state index >= 15 is 0 Å². The molecule has 8 nitrogen and oxygen atoms in total. The van der Waals surface area contributed by atoms with Crippen LogP contribution in [0.25, 0.3) is 0 Å². The molecule has 1 N–H and O–H groups in total. The fourth-order valence-corrected chi connectivity index (χ4v) is 2.34. The van der Waals surface area contributed by atoms with Gasteiger partial charge in [0.15, 0.2) is 0 Å². The highest BCUT2D eigenvalue weighted by Crippen LogP contribution is 2.16. The summed E-state index contributed by atoms with van der Waals surface area (Å²) in [6.45, 7) is 1.73. The number of amides is 1. The van der Waals surface area contributed by atoms with E-state index in [1.165, 1.54) is 17.9 Å². The van der Waals surface area contributed by atoms with E-state index < -0.39 is 23.7 Å². The van der Waals surface area contributed by atoms with Crippen molar-refractivity contribution < 1.29 is 9.53 Å². The molecule has 2 rings (SSSR count). The summed E-state index contributed by atoms with van der Waals surface area (Å²) in [5, 5.41) is 11.6. The van der Waals surface area contributed by atoms with Gasteiger partial charge < -0.3 is 10.1 Å². The first-order valence-electron chi connectivity index (χ1n) is 7.64. The first kappa shape index (κ1) is 18.0. The van der Waals surface area contributed by atoms with Crippen molar-refractivity contribution in [3.63, 3.8) is 0 Å². The van der Waals surface area contributed by atoms with Gasteiger partial charge in [-0.25, -0.2) is 9.36 Å². The van der Waals surface area contributed by atoms with Crippen LogP contribution in [-0.4, -0.2) is 22.2 Å². The van der Waals surface area contributed by atoms with Gasteiger partial charge in [0.1, 0.15) is 23.9 Å². The molecular weight excluding hydrogens is 324 g/mol. The number of benzene rings is 1. The maximum atomic E-state index is 12.2. The van der Waals surface area contributed by atoms with Gasteiger partial charge in [0.05, 0.1) is 7.11 Å². The number of carbonyl (C=O) groups excluding carboxylic acids is 1. The number of rotatable bonds is 6. The minimum absolute atomic E-state index is 0.182. The quantitative estimate of drug-likeness (QED) is 0.809. The number of carbonyl (C=O) groups is 1. The van der Waals surface area contributed by atoms with Crippen molar-refractivity contribution in [1.29, 1.82) is 5.26 Å². The molecule has 0 bridgehead atoms. The third-order valence-electron chi connectivity index (χ3n) is 3.67. The number of hydrogen-bond donors (Lipinski definition) is 1. The summed E-state index contributed by atoms with van der Waals surface area (Å²) in [6, 6.07) is 8.93. The third kappa shape index (κ3) is 3.95. The fourth-order valence-electron chi connectivity index (χ4n) is 2.34. The molecule has 2 aromatic rings. The molecule has 0 atom stereocenters. The van der Waals surface area contributed by atoms with Gasteiger partial charge in [0, 0.05) is 24.8 Å². The number of aromatic nitrogens is 2. The van der Waals surface area contributed by atoms with E-state index in [1.807, 2.05) is 12.1 Å². The van der Waals surface area contributed by atoms with Gasteiger partial charge in [-0.2, -0.15) is 5.26 Å². The zero-order valence-corrected chi connectivity index (χ0v) is 14.0. The monoisotopic (exact) mass is 342 g/mol. The summed E-state index contributed by atoms with van der Waals surface area (Å²) in [5.41, 5.74) is -0.815. The lowest BCUT2D eigenvalue weighted by Gasteiger charge is -2.11. The first-order chi connectivity index (χ1) is 12.0. The Balaban J connectivity index is 2.20. The molecule has 25 heavy (non-hydrogen) atoms. The maximum Gasteiger partial charge on any atom is 0.331 e. The van der Waals surface area contributed by atoms with Crippen molar-refractivity contribution >= 4 is 5.91 Å². The largest absolute Gasteiger partial charge is 0.496 e. The van der Waals surface area contributed by atoms with Crippen molar-refractivity contribution in [3.8, 4) is 11.8 Å². The third-order valence-corrected chi connectivity index (χ3v) is 3.67. The summed E-state index contributed by atoms with van der Waals surface area (Å²) in [4.78, 5) is 36.5. The van der Waals surface area contributed by atoms with E-state index in [-0.39, 0.29) is 18.7 Å². The topological polar surface area (TPSA) is 106 Å². The molecule has 8 heteroatoms. The Labute approximate surface area is 143 Å². The van der Waals surface area contributed by atoms with Gasteiger partial charge in [-0.15, -0.1) is 0 Å². The number of ether oxygens (including phenoxy) is 1. The molecule has 1 aromatic heterocycles. The molecule has 0 saturated heterocycles. The van der Waals surface area contributed by atoms with Crippen LogP contribution in [0, 0.1) is 11.3 Å². The minimum atomic E-state index is -0.773. The van der Waals surface area contributed by atoms with Gasteiger partial charge in [-0.3, -0.25) is 14.2 Å². The fraction of sp³-hybridized carbons (Fsp3) is 0.294. The Morgan fingerprint density at radius 3 is 2.68 bits per heavy atom. The Morgan fingerprint density at radius 1 is 1.32 bits per heavy atom. The molecule has 0 radical (unpaired) electrons. The molecule has 0 aliphatic carbocycles. The second kappa shape index (κ2) is 7.97. The van der Waals surface area contributed by atoms with Crippen molar-refractivity contribution in [1.82, 2.24) is 14.5 Å². The van der Waals surface area contributed by atoms with Crippen LogP contribution in [-0.2, 0) is 24.4 Å².